The highest BCUT2D eigenvalue weighted by Crippen LogP contribution is 2.29. The summed E-state index contributed by atoms with van der Waals surface area (Å²) >= 11 is 0. The van der Waals surface area contributed by atoms with Gasteiger partial charge in [-0.05, 0) is 25.8 Å². The van der Waals surface area contributed by atoms with Crippen molar-refractivity contribution in [2.75, 3.05) is 6.54 Å². The molecule has 1 aliphatic heterocycles. The van der Waals surface area contributed by atoms with Gasteiger partial charge in [-0.25, -0.2) is 9.97 Å². The summed E-state index contributed by atoms with van der Waals surface area (Å²) in [7, 11) is 0. The second-order valence-corrected chi connectivity index (χ2v) is 4.76. The molecule has 1 aromatic heterocycles. The van der Waals surface area contributed by atoms with E-state index < -0.39 is 0 Å². The van der Waals surface area contributed by atoms with Gasteiger partial charge >= 0.3 is 0 Å². The maximum absolute atomic E-state index is 12.0. The summed E-state index contributed by atoms with van der Waals surface area (Å²) in [4.78, 5) is 22.4. The quantitative estimate of drug-likeness (QED) is 0.872. The van der Waals surface area contributed by atoms with Gasteiger partial charge in [-0.1, -0.05) is 6.92 Å². The zero-order chi connectivity index (χ0) is 13.1. The first-order valence-corrected chi connectivity index (χ1v) is 6.48. The summed E-state index contributed by atoms with van der Waals surface area (Å²) in [5.41, 5.74) is 7.05. The van der Waals surface area contributed by atoms with Crippen LogP contribution in [-0.2, 0) is 4.79 Å². The van der Waals surface area contributed by atoms with E-state index in [9.17, 15) is 4.79 Å². The summed E-state index contributed by atoms with van der Waals surface area (Å²) in [5, 5.41) is 0. The molecule has 2 atom stereocenters. The van der Waals surface area contributed by atoms with Crippen LogP contribution in [0.25, 0.3) is 0 Å². The number of carbonyl (C=O) groups is 1. The molecule has 0 aliphatic carbocycles. The molecule has 2 heterocycles. The van der Waals surface area contributed by atoms with E-state index in [-0.39, 0.29) is 18.0 Å². The smallest absolute Gasteiger partial charge is 0.223 e. The third-order valence-corrected chi connectivity index (χ3v) is 3.32. The third kappa shape index (κ3) is 2.51. The van der Waals surface area contributed by atoms with Crippen molar-refractivity contribution in [2.45, 2.75) is 45.2 Å². The van der Waals surface area contributed by atoms with Gasteiger partial charge < -0.3 is 10.6 Å². The van der Waals surface area contributed by atoms with E-state index >= 15 is 0 Å². The van der Waals surface area contributed by atoms with Gasteiger partial charge in [0.25, 0.3) is 0 Å². The molecule has 1 aliphatic rings. The number of carbonyl (C=O) groups excluding carboxylic acids is 1. The maximum atomic E-state index is 12.0. The van der Waals surface area contributed by atoms with Gasteiger partial charge in [-0.15, -0.1) is 0 Å². The van der Waals surface area contributed by atoms with Crippen molar-refractivity contribution < 1.29 is 4.79 Å². The van der Waals surface area contributed by atoms with Crippen molar-refractivity contribution in [3.8, 4) is 0 Å². The molecule has 1 fully saturated rings. The van der Waals surface area contributed by atoms with Gasteiger partial charge in [-0.3, -0.25) is 4.79 Å². The molecule has 1 amide bonds. The normalized spacial score (nSPS) is 24.4. The van der Waals surface area contributed by atoms with E-state index in [0.29, 0.717) is 12.2 Å². The Kier molecular flexibility index (Phi) is 3.91. The van der Waals surface area contributed by atoms with Gasteiger partial charge in [0, 0.05) is 25.2 Å². The molecular weight excluding hydrogens is 228 g/mol. The molecule has 1 aromatic rings. The van der Waals surface area contributed by atoms with Gasteiger partial charge in [0.2, 0.25) is 5.91 Å². The van der Waals surface area contributed by atoms with Crippen molar-refractivity contribution in [3.05, 3.63) is 23.8 Å². The van der Waals surface area contributed by atoms with E-state index in [1.807, 2.05) is 17.9 Å². The zero-order valence-corrected chi connectivity index (χ0v) is 11.0. The highest BCUT2D eigenvalue weighted by Gasteiger charge is 2.35. The van der Waals surface area contributed by atoms with Crippen LogP contribution < -0.4 is 5.73 Å². The molecule has 0 saturated carbocycles. The summed E-state index contributed by atoms with van der Waals surface area (Å²) < 4.78 is 0. The molecule has 0 bridgehead atoms. The Morgan fingerprint density at radius 1 is 1.56 bits per heavy atom. The molecule has 98 valence electrons. The average molecular weight is 248 g/mol. The topological polar surface area (TPSA) is 72.1 Å². The lowest BCUT2D eigenvalue weighted by Gasteiger charge is -2.39. The largest absolute Gasteiger partial charge is 0.333 e. The molecule has 2 unspecified atom stereocenters. The SMILES string of the molecule is CCCN1C(=O)CCC(N)C1c1ccnc(C)n1. The van der Waals surface area contributed by atoms with E-state index in [0.717, 1.165) is 25.1 Å². The second kappa shape index (κ2) is 5.44. The summed E-state index contributed by atoms with van der Waals surface area (Å²) in [6.45, 7) is 4.65. The monoisotopic (exact) mass is 248 g/mol. The molecule has 0 aromatic carbocycles. The number of aromatic nitrogens is 2. The molecule has 0 spiro atoms. The van der Waals surface area contributed by atoms with Crippen LogP contribution in [0.15, 0.2) is 12.3 Å². The highest BCUT2D eigenvalue weighted by molar-refractivity contribution is 5.77. The summed E-state index contributed by atoms with van der Waals surface area (Å²) in [5.74, 6) is 0.897. The maximum Gasteiger partial charge on any atom is 0.223 e. The number of nitrogens with two attached hydrogens (primary N) is 1. The minimum atomic E-state index is -0.104. The standard InChI is InChI=1S/C13H20N4O/c1-3-8-17-12(18)5-4-10(14)13(17)11-6-7-15-9(2)16-11/h6-7,10,13H,3-5,8,14H2,1-2H3. The fourth-order valence-electron chi connectivity index (χ4n) is 2.50. The number of hydrogen-bond donors (Lipinski definition) is 1. The molecular formula is C13H20N4O. The minimum Gasteiger partial charge on any atom is -0.333 e. The lowest BCUT2D eigenvalue weighted by molar-refractivity contribution is -0.137. The van der Waals surface area contributed by atoms with E-state index in [1.54, 1.807) is 6.20 Å². The van der Waals surface area contributed by atoms with Crippen molar-refractivity contribution in [1.29, 1.82) is 0 Å². The molecule has 1 saturated heterocycles. The highest BCUT2D eigenvalue weighted by atomic mass is 16.2. The Labute approximate surface area is 107 Å². The van der Waals surface area contributed by atoms with Crippen LogP contribution in [0.5, 0.6) is 0 Å². The number of piperidine rings is 1. The predicted molar refractivity (Wildman–Crippen MR) is 68.7 cm³/mol. The lowest BCUT2D eigenvalue weighted by Crippen LogP contribution is -2.49. The third-order valence-electron chi connectivity index (χ3n) is 3.32. The van der Waals surface area contributed by atoms with Gasteiger partial charge in [0.1, 0.15) is 5.82 Å². The van der Waals surface area contributed by atoms with Crippen molar-refractivity contribution in [2.24, 2.45) is 5.73 Å². The lowest BCUT2D eigenvalue weighted by atomic mass is 9.93. The molecule has 2 N–H and O–H groups in total. The first kappa shape index (κ1) is 13.0. The van der Waals surface area contributed by atoms with Crippen LogP contribution in [0.4, 0.5) is 0 Å². The average Bonchev–Trinajstić information content (AvgIpc) is 2.34. The molecule has 5 nitrogen and oxygen atoms in total. The first-order valence-electron chi connectivity index (χ1n) is 6.48. The van der Waals surface area contributed by atoms with Gasteiger partial charge in [0.05, 0.1) is 11.7 Å². The Morgan fingerprint density at radius 3 is 3.00 bits per heavy atom. The first-order chi connectivity index (χ1) is 8.63. The number of likely N-dealkylation sites (tertiary alicyclic amines) is 1. The Bertz CT molecular complexity index is 435. The summed E-state index contributed by atoms with van der Waals surface area (Å²) in [6, 6.07) is 1.72. The fraction of sp³-hybridized carbons (Fsp3) is 0.615. The number of aryl methyl sites for hydroxylation is 1. The molecule has 5 heteroatoms. The van der Waals surface area contributed by atoms with Crippen LogP contribution in [0.1, 0.15) is 43.7 Å². The molecule has 18 heavy (non-hydrogen) atoms. The van der Waals surface area contributed by atoms with E-state index in [2.05, 4.69) is 16.9 Å². The van der Waals surface area contributed by atoms with Gasteiger partial charge in [0.15, 0.2) is 0 Å². The zero-order valence-electron chi connectivity index (χ0n) is 11.0. The van der Waals surface area contributed by atoms with E-state index in [1.165, 1.54) is 0 Å². The number of amides is 1. The van der Waals surface area contributed by atoms with Crippen LogP contribution in [0.2, 0.25) is 0 Å². The van der Waals surface area contributed by atoms with Crippen molar-refractivity contribution >= 4 is 5.91 Å². The molecule has 0 radical (unpaired) electrons. The van der Waals surface area contributed by atoms with E-state index in [4.69, 9.17) is 5.73 Å². The molecule has 2 rings (SSSR count). The van der Waals surface area contributed by atoms with Crippen LogP contribution >= 0.6 is 0 Å². The van der Waals surface area contributed by atoms with Crippen molar-refractivity contribution in [3.63, 3.8) is 0 Å². The van der Waals surface area contributed by atoms with Crippen LogP contribution in [0.3, 0.4) is 0 Å². The van der Waals surface area contributed by atoms with Gasteiger partial charge in [-0.2, -0.15) is 0 Å². The number of hydrogen-bond acceptors (Lipinski definition) is 4. The predicted octanol–water partition coefficient (Wildman–Crippen LogP) is 1.19. The minimum absolute atomic E-state index is 0.0384. The van der Waals surface area contributed by atoms with Crippen LogP contribution in [-0.4, -0.2) is 33.4 Å². The Balaban J connectivity index is 2.33. The van der Waals surface area contributed by atoms with Crippen LogP contribution in [0, 0.1) is 6.92 Å². The number of nitrogens with zero attached hydrogens (tertiary/aromatic N) is 3. The van der Waals surface area contributed by atoms with Crippen molar-refractivity contribution in [1.82, 2.24) is 14.9 Å². The summed E-state index contributed by atoms with van der Waals surface area (Å²) in [6.07, 6.45) is 3.93. The Morgan fingerprint density at radius 2 is 2.33 bits per heavy atom. The second-order valence-electron chi connectivity index (χ2n) is 4.76. The number of rotatable bonds is 3. The Hall–Kier alpha value is -1.49. The fourth-order valence-corrected chi connectivity index (χ4v) is 2.50.